The summed E-state index contributed by atoms with van der Waals surface area (Å²) in [6, 6.07) is 12.0. The number of ether oxygens (including phenoxy) is 4. The maximum atomic E-state index is 14.9. The van der Waals surface area contributed by atoms with E-state index in [1.807, 2.05) is 6.92 Å². The summed E-state index contributed by atoms with van der Waals surface area (Å²) in [5.41, 5.74) is -1.16. The summed E-state index contributed by atoms with van der Waals surface area (Å²) >= 11 is 0. The van der Waals surface area contributed by atoms with E-state index in [-0.39, 0.29) is 11.1 Å². The standard InChI is InChI=1S/C29H22F8O4/c1-2-11-26-15-38-28(40-26,39-16-26)21-9-7-18(8-10-21)20-6-5-19(22(30)14-20)4-3-17-12-23(31)25(24(32)13-17)27(33,34)41-29(35,36)37/h3-10,12-14H,2,11,15-16H2,1H3. The van der Waals surface area contributed by atoms with Crippen molar-refractivity contribution in [1.82, 2.24) is 0 Å². The maximum Gasteiger partial charge on any atom is 0.527 e. The van der Waals surface area contributed by atoms with E-state index in [1.54, 1.807) is 30.3 Å². The molecule has 12 heteroatoms. The first kappa shape index (κ1) is 29.2. The van der Waals surface area contributed by atoms with Gasteiger partial charge >= 0.3 is 18.4 Å². The smallest absolute Gasteiger partial charge is 0.320 e. The lowest BCUT2D eigenvalue weighted by atomic mass is 10.0. The maximum absolute atomic E-state index is 14.9. The predicted molar refractivity (Wildman–Crippen MR) is 130 cm³/mol. The summed E-state index contributed by atoms with van der Waals surface area (Å²) < 4.78 is 127. The van der Waals surface area contributed by atoms with E-state index >= 15 is 0 Å². The monoisotopic (exact) mass is 586 g/mol. The van der Waals surface area contributed by atoms with Crippen LogP contribution in [0.1, 0.15) is 42.0 Å². The lowest BCUT2D eigenvalue weighted by molar-refractivity contribution is -0.432. The van der Waals surface area contributed by atoms with E-state index in [4.69, 9.17) is 14.2 Å². The summed E-state index contributed by atoms with van der Waals surface area (Å²) in [5.74, 6) is -5.91. The van der Waals surface area contributed by atoms with Crippen LogP contribution in [0.25, 0.3) is 23.3 Å². The van der Waals surface area contributed by atoms with Crippen molar-refractivity contribution in [2.24, 2.45) is 0 Å². The van der Waals surface area contributed by atoms with Gasteiger partial charge in [-0.05, 0) is 41.3 Å². The Morgan fingerprint density at radius 1 is 0.805 bits per heavy atom. The van der Waals surface area contributed by atoms with Crippen molar-refractivity contribution in [3.63, 3.8) is 0 Å². The van der Waals surface area contributed by atoms with Crippen LogP contribution in [0.5, 0.6) is 0 Å². The molecule has 2 saturated heterocycles. The topological polar surface area (TPSA) is 36.9 Å². The second-order valence-corrected chi connectivity index (χ2v) is 9.74. The number of benzene rings is 3. The van der Waals surface area contributed by atoms with Gasteiger partial charge in [0.25, 0.3) is 0 Å². The fourth-order valence-corrected chi connectivity index (χ4v) is 4.87. The lowest BCUT2D eigenvalue weighted by Crippen LogP contribution is -2.35. The van der Waals surface area contributed by atoms with Crippen molar-refractivity contribution in [2.75, 3.05) is 13.2 Å². The lowest BCUT2D eigenvalue weighted by Gasteiger charge is -2.24. The fourth-order valence-electron chi connectivity index (χ4n) is 4.87. The molecule has 0 unspecified atom stereocenters. The van der Waals surface area contributed by atoms with Gasteiger partial charge in [-0.15, -0.1) is 13.2 Å². The van der Waals surface area contributed by atoms with Crippen LogP contribution >= 0.6 is 0 Å². The molecular weight excluding hydrogens is 564 g/mol. The minimum atomic E-state index is -5.84. The zero-order chi connectivity index (χ0) is 29.6. The van der Waals surface area contributed by atoms with Gasteiger partial charge in [-0.25, -0.2) is 17.9 Å². The first-order chi connectivity index (χ1) is 19.2. The molecule has 4 nitrogen and oxygen atoms in total. The van der Waals surface area contributed by atoms with E-state index in [1.165, 1.54) is 12.1 Å². The van der Waals surface area contributed by atoms with Crippen molar-refractivity contribution in [3.05, 3.63) is 94.3 Å². The zero-order valence-electron chi connectivity index (χ0n) is 21.3. The number of halogens is 8. The normalized spacial score (nSPS) is 22.7. The average Bonchev–Trinajstić information content (AvgIpc) is 3.43. The molecule has 0 aliphatic carbocycles. The third-order valence-electron chi connectivity index (χ3n) is 6.73. The first-order valence-electron chi connectivity index (χ1n) is 12.5. The third kappa shape index (κ3) is 5.87. The molecule has 218 valence electrons. The number of hydrogen-bond donors (Lipinski definition) is 0. The molecule has 3 aromatic carbocycles. The number of rotatable bonds is 8. The quantitative estimate of drug-likeness (QED) is 0.197. The van der Waals surface area contributed by atoms with Crippen LogP contribution in [0.3, 0.4) is 0 Å². The molecule has 0 N–H and O–H groups in total. The molecule has 0 spiro atoms. The minimum Gasteiger partial charge on any atom is -0.320 e. The Morgan fingerprint density at radius 2 is 1.41 bits per heavy atom. The number of alkyl halides is 5. The highest BCUT2D eigenvalue weighted by molar-refractivity contribution is 5.73. The summed E-state index contributed by atoms with van der Waals surface area (Å²) in [7, 11) is 0. The van der Waals surface area contributed by atoms with Gasteiger partial charge in [0.1, 0.15) is 28.6 Å². The number of hydrogen-bond acceptors (Lipinski definition) is 4. The van der Waals surface area contributed by atoms with Gasteiger partial charge in [-0.1, -0.05) is 61.9 Å². The Morgan fingerprint density at radius 3 is 1.98 bits per heavy atom. The Bertz CT molecular complexity index is 1440. The van der Waals surface area contributed by atoms with Gasteiger partial charge in [0.05, 0.1) is 13.2 Å². The molecule has 0 aromatic heterocycles. The van der Waals surface area contributed by atoms with Crippen LogP contribution < -0.4 is 0 Å². The van der Waals surface area contributed by atoms with Crippen LogP contribution in [0, 0.1) is 17.5 Å². The molecule has 2 bridgehead atoms. The van der Waals surface area contributed by atoms with Gasteiger partial charge in [0.15, 0.2) is 0 Å². The third-order valence-corrected chi connectivity index (χ3v) is 6.73. The molecule has 0 radical (unpaired) electrons. The molecule has 5 rings (SSSR count). The van der Waals surface area contributed by atoms with Crippen LogP contribution in [-0.4, -0.2) is 25.2 Å². The molecule has 2 aliphatic rings. The van der Waals surface area contributed by atoms with Crippen molar-refractivity contribution in [3.8, 4) is 11.1 Å². The predicted octanol–water partition coefficient (Wildman–Crippen LogP) is 8.25. The van der Waals surface area contributed by atoms with Gasteiger partial charge < -0.3 is 14.2 Å². The molecule has 2 fully saturated rings. The highest BCUT2D eigenvalue weighted by Crippen LogP contribution is 2.49. The van der Waals surface area contributed by atoms with E-state index in [2.05, 4.69) is 4.74 Å². The molecule has 0 saturated carbocycles. The van der Waals surface area contributed by atoms with Crippen molar-refractivity contribution in [2.45, 2.75) is 43.8 Å². The van der Waals surface area contributed by atoms with E-state index < -0.39 is 47.1 Å². The van der Waals surface area contributed by atoms with Gasteiger partial charge in [-0.3, -0.25) is 0 Å². The highest BCUT2D eigenvalue weighted by atomic mass is 19.4. The largest absolute Gasteiger partial charge is 0.527 e. The van der Waals surface area contributed by atoms with Gasteiger partial charge in [0.2, 0.25) is 0 Å². The molecule has 0 amide bonds. The van der Waals surface area contributed by atoms with Gasteiger partial charge in [0, 0.05) is 11.1 Å². The van der Waals surface area contributed by atoms with Crippen LogP contribution in [0.2, 0.25) is 0 Å². The molecule has 3 aromatic rings. The molecule has 41 heavy (non-hydrogen) atoms. The van der Waals surface area contributed by atoms with Crippen LogP contribution in [-0.2, 0) is 31.0 Å². The van der Waals surface area contributed by atoms with E-state index in [0.29, 0.717) is 42.0 Å². The molecule has 2 heterocycles. The van der Waals surface area contributed by atoms with Gasteiger partial charge in [-0.2, -0.15) is 8.78 Å². The first-order valence-corrected chi connectivity index (χ1v) is 12.5. The van der Waals surface area contributed by atoms with Crippen molar-refractivity contribution in [1.29, 1.82) is 0 Å². The van der Waals surface area contributed by atoms with Crippen molar-refractivity contribution < 1.29 is 54.1 Å². The Hall–Kier alpha value is -3.32. The Balaban J connectivity index is 1.31. The summed E-state index contributed by atoms with van der Waals surface area (Å²) in [4.78, 5) is 0. The minimum absolute atomic E-state index is 0.000684. The van der Waals surface area contributed by atoms with E-state index in [9.17, 15) is 35.1 Å². The zero-order valence-corrected chi connectivity index (χ0v) is 21.3. The van der Waals surface area contributed by atoms with Crippen molar-refractivity contribution >= 4 is 12.2 Å². The Labute approximate surface area is 229 Å². The molecular formula is C29H22F8O4. The molecule has 2 aliphatic heterocycles. The van der Waals surface area contributed by atoms with Crippen LogP contribution in [0.15, 0.2) is 54.6 Å². The number of fused-ring (bicyclic) bond motifs is 2. The van der Waals surface area contributed by atoms with E-state index in [0.717, 1.165) is 25.0 Å². The van der Waals surface area contributed by atoms with Crippen LogP contribution in [0.4, 0.5) is 35.1 Å². The second kappa shape index (κ2) is 10.5. The summed E-state index contributed by atoms with van der Waals surface area (Å²) in [6.07, 6.45) is -7.26. The fraction of sp³-hybridized carbons (Fsp3) is 0.310. The highest BCUT2D eigenvalue weighted by Gasteiger charge is 2.59. The SMILES string of the molecule is CCCC12COC(c3ccc(-c4ccc(C=Cc5cc(F)c(C(F)(F)OC(F)(F)F)c(F)c5)c(F)c4)cc3)(OC1)O2. The summed E-state index contributed by atoms with van der Waals surface area (Å²) in [5, 5.41) is 0. The average molecular weight is 586 g/mol. The summed E-state index contributed by atoms with van der Waals surface area (Å²) in [6.45, 7) is 2.89. The second-order valence-electron chi connectivity index (χ2n) is 9.74. The Kier molecular flexibility index (Phi) is 7.48. The molecule has 0 atom stereocenters.